The standard InChI is InChI=1S/C11H20N2O2/c1-3-11(15)7-13(8-11)6-10(14)12(2)9-4-5-9/h9,15H,3-8H2,1-2H3. The molecule has 1 saturated heterocycles. The number of likely N-dealkylation sites (tertiary alicyclic amines) is 1. The molecule has 0 aromatic rings. The molecule has 0 radical (unpaired) electrons. The minimum Gasteiger partial charge on any atom is -0.387 e. The average molecular weight is 212 g/mol. The quantitative estimate of drug-likeness (QED) is 0.717. The Bertz CT molecular complexity index is 257. The topological polar surface area (TPSA) is 43.8 Å². The number of hydrogen-bond acceptors (Lipinski definition) is 3. The van der Waals surface area contributed by atoms with Crippen LogP contribution < -0.4 is 0 Å². The summed E-state index contributed by atoms with van der Waals surface area (Å²) in [6.45, 7) is 3.74. The van der Waals surface area contributed by atoms with E-state index in [0.717, 1.165) is 19.3 Å². The van der Waals surface area contributed by atoms with Crippen LogP contribution in [0.2, 0.25) is 0 Å². The van der Waals surface area contributed by atoms with Crippen LogP contribution in [-0.2, 0) is 4.79 Å². The molecule has 0 spiro atoms. The number of rotatable bonds is 4. The third kappa shape index (κ3) is 2.32. The molecule has 4 nitrogen and oxygen atoms in total. The Morgan fingerprint density at radius 3 is 2.60 bits per heavy atom. The van der Waals surface area contributed by atoms with E-state index in [9.17, 15) is 9.90 Å². The number of β-amino-alcohol motifs (C(OH)–C–C–N with tert-alkyl or cyclic N) is 1. The van der Waals surface area contributed by atoms with E-state index in [-0.39, 0.29) is 5.91 Å². The third-order valence-electron chi connectivity index (χ3n) is 3.54. The van der Waals surface area contributed by atoms with Gasteiger partial charge in [-0.25, -0.2) is 0 Å². The molecule has 2 aliphatic rings. The van der Waals surface area contributed by atoms with E-state index < -0.39 is 5.60 Å². The molecule has 1 aliphatic heterocycles. The molecule has 1 amide bonds. The molecule has 2 rings (SSSR count). The van der Waals surface area contributed by atoms with Crippen LogP contribution in [0.4, 0.5) is 0 Å². The molecule has 0 aromatic carbocycles. The molecule has 2 fully saturated rings. The summed E-state index contributed by atoms with van der Waals surface area (Å²) in [7, 11) is 1.88. The molecule has 0 aromatic heterocycles. The molecule has 0 bridgehead atoms. The maximum absolute atomic E-state index is 11.7. The van der Waals surface area contributed by atoms with Crippen LogP contribution in [0.1, 0.15) is 26.2 Å². The predicted octanol–water partition coefficient (Wildman–Crippen LogP) is 0.0639. The Morgan fingerprint density at radius 2 is 2.13 bits per heavy atom. The zero-order valence-electron chi connectivity index (χ0n) is 9.57. The predicted molar refractivity (Wildman–Crippen MR) is 57.5 cm³/mol. The lowest BCUT2D eigenvalue weighted by molar-refractivity contribution is -0.141. The van der Waals surface area contributed by atoms with Crippen LogP contribution in [0.5, 0.6) is 0 Å². The Morgan fingerprint density at radius 1 is 1.53 bits per heavy atom. The highest BCUT2D eigenvalue weighted by atomic mass is 16.3. The molecular formula is C11H20N2O2. The summed E-state index contributed by atoms with van der Waals surface area (Å²) in [6, 6.07) is 0.490. The average Bonchev–Trinajstić information content (AvgIpc) is 2.97. The summed E-state index contributed by atoms with van der Waals surface area (Å²) >= 11 is 0. The lowest BCUT2D eigenvalue weighted by atomic mass is 9.91. The molecule has 86 valence electrons. The highest BCUT2D eigenvalue weighted by Gasteiger charge is 2.41. The van der Waals surface area contributed by atoms with Crippen molar-refractivity contribution in [3.63, 3.8) is 0 Å². The lowest BCUT2D eigenvalue weighted by Gasteiger charge is -2.46. The van der Waals surface area contributed by atoms with Crippen LogP contribution in [0.25, 0.3) is 0 Å². The van der Waals surface area contributed by atoms with Crippen LogP contribution in [0.15, 0.2) is 0 Å². The van der Waals surface area contributed by atoms with E-state index in [1.807, 2.05) is 23.8 Å². The van der Waals surface area contributed by atoms with Crippen molar-refractivity contribution in [3.05, 3.63) is 0 Å². The van der Waals surface area contributed by atoms with E-state index in [1.54, 1.807) is 0 Å². The molecule has 4 heteroatoms. The Kier molecular flexibility index (Phi) is 2.73. The number of nitrogens with zero attached hydrogens (tertiary/aromatic N) is 2. The van der Waals surface area contributed by atoms with Crippen molar-refractivity contribution in [1.29, 1.82) is 0 Å². The largest absolute Gasteiger partial charge is 0.387 e. The zero-order chi connectivity index (χ0) is 11.1. The summed E-state index contributed by atoms with van der Waals surface area (Å²) in [4.78, 5) is 15.6. The van der Waals surface area contributed by atoms with Gasteiger partial charge in [0.15, 0.2) is 0 Å². The van der Waals surface area contributed by atoms with Crippen molar-refractivity contribution in [1.82, 2.24) is 9.80 Å². The molecule has 1 aliphatic carbocycles. The van der Waals surface area contributed by atoms with Gasteiger partial charge < -0.3 is 10.0 Å². The molecule has 15 heavy (non-hydrogen) atoms. The van der Waals surface area contributed by atoms with E-state index >= 15 is 0 Å². The smallest absolute Gasteiger partial charge is 0.236 e. The minimum absolute atomic E-state index is 0.190. The Hall–Kier alpha value is -0.610. The molecule has 1 heterocycles. The molecule has 1 N–H and O–H groups in total. The van der Waals surface area contributed by atoms with Crippen molar-refractivity contribution in [2.45, 2.75) is 37.8 Å². The highest BCUT2D eigenvalue weighted by molar-refractivity contribution is 5.78. The van der Waals surface area contributed by atoms with Crippen LogP contribution in [0, 0.1) is 0 Å². The molecule has 0 atom stereocenters. The van der Waals surface area contributed by atoms with Crippen molar-refractivity contribution >= 4 is 5.91 Å². The Labute approximate surface area is 90.9 Å². The maximum Gasteiger partial charge on any atom is 0.236 e. The van der Waals surface area contributed by atoms with E-state index in [0.29, 0.717) is 25.7 Å². The highest BCUT2D eigenvalue weighted by Crippen LogP contribution is 2.27. The summed E-state index contributed by atoms with van der Waals surface area (Å²) in [5, 5.41) is 9.80. The summed E-state index contributed by atoms with van der Waals surface area (Å²) < 4.78 is 0. The van der Waals surface area contributed by atoms with Crippen LogP contribution in [0.3, 0.4) is 0 Å². The number of likely N-dealkylation sites (N-methyl/N-ethyl adjacent to an activating group) is 1. The molecule has 1 saturated carbocycles. The fourth-order valence-corrected chi connectivity index (χ4v) is 2.09. The SMILES string of the molecule is CCC1(O)CN(CC(=O)N(C)C2CC2)C1. The van der Waals surface area contributed by atoms with Gasteiger partial charge in [0, 0.05) is 26.2 Å². The van der Waals surface area contributed by atoms with Gasteiger partial charge in [-0.15, -0.1) is 0 Å². The first-order valence-electron chi connectivity index (χ1n) is 5.74. The summed E-state index contributed by atoms with van der Waals surface area (Å²) in [6.07, 6.45) is 3.08. The maximum atomic E-state index is 11.7. The first-order valence-corrected chi connectivity index (χ1v) is 5.74. The fourth-order valence-electron chi connectivity index (χ4n) is 2.09. The van der Waals surface area contributed by atoms with E-state index in [1.165, 1.54) is 0 Å². The van der Waals surface area contributed by atoms with Gasteiger partial charge in [-0.2, -0.15) is 0 Å². The van der Waals surface area contributed by atoms with Crippen molar-refractivity contribution in [3.8, 4) is 0 Å². The van der Waals surface area contributed by atoms with E-state index in [4.69, 9.17) is 0 Å². The van der Waals surface area contributed by atoms with Gasteiger partial charge in [0.2, 0.25) is 5.91 Å². The monoisotopic (exact) mass is 212 g/mol. The minimum atomic E-state index is -0.529. The number of hydrogen-bond donors (Lipinski definition) is 1. The van der Waals surface area contributed by atoms with Gasteiger partial charge >= 0.3 is 0 Å². The zero-order valence-corrected chi connectivity index (χ0v) is 9.57. The normalized spacial score (nSPS) is 24.7. The van der Waals surface area contributed by atoms with Gasteiger partial charge in [-0.1, -0.05) is 6.92 Å². The van der Waals surface area contributed by atoms with Crippen molar-refractivity contribution in [2.75, 3.05) is 26.7 Å². The Balaban J connectivity index is 1.72. The summed E-state index contributed by atoms with van der Waals surface area (Å²) in [5.41, 5.74) is -0.529. The number of carbonyl (C=O) groups is 1. The van der Waals surface area contributed by atoms with E-state index in [2.05, 4.69) is 0 Å². The van der Waals surface area contributed by atoms with Crippen LogP contribution in [-0.4, -0.2) is 59.1 Å². The first-order chi connectivity index (χ1) is 7.04. The number of aliphatic hydroxyl groups is 1. The van der Waals surface area contributed by atoms with Gasteiger partial charge in [0.1, 0.15) is 0 Å². The number of amides is 1. The molecular weight excluding hydrogens is 192 g/mol. The van der Waals surface area contributed by atoms with Gasteiger partial charge in [-0.05, 0) is 19.3 Å². The second-order valence-corrected chi connectivity index (χ2v) is 4.96. The molecule has 0 unspecified atom stereocenters. The van der Waals surface area contributed by atoms with Gasteiger partial charge in [0.05, 0.1) is 12.1 Å². The second kappa shape index (κ2) is 3.76. The fraction of sp³-hybridized carbons (Fsp3) is 0.909. The van der Waals surface area contributed by atoms with Gasteiger partial charge in [0.25, 0.3) is 0 Å². The second-order valence-electron chi connectivity index (χ2n) is 4.96. The lowest BCUT2D eigenvalue weighted by Crippen LogP contribution is -2.63. The van der Waals surface area contributed by atoms with Gasteiger partial charge in [-0.3, -0.25) is 9.69 Å². The van der Waals surface area contributed by atoms with Crippen molar-refractivity contribution in [2.24, 2.45) is 0 Å². The third-order valence-corrected chi connectivity index (χ3v) is 3.54. The van der Waals surface area contributed by atoms with Crippen molar-refractivity contribution < 1.29 is 9.90 Å². The number of carbonyl (C=O) groups excluding carboxylic acids is 1. The van der Waals surface area contributed by atoms with Crippen LogP contribution >= 0.6 is 0 Å². The summed E-state index contributed by atoms with van der Waals surface area (Å²) in [5.74, 6) is 0.190. The first kappa shape index (κ1) is 10.9.